The minimum Gasteiger partial charge on any atom is -0.481 e. The average molecular weight is 409 g/mol. The Balaban J connectivity index is 1.68. The van der Waals surface area contributed by atoms with E-state index in [4.69, 9.17) is 0 Å². The fraction of sp³-hybridized carbons (Fsp3) is 0.600. The van der Waals surface area contributed by atoms with Crippen LogP contribution >= 0.6 is 0 Å². The Morgan fingerprint density at radius 2 is 1.46 bits per heavy atom. The molecule has 0 radical (unpaired) electrons. The van der Waals surface area contributed by atoms with E-state index < -0.39 is 27.8 Å². The molecule has 3 rings (SSSR count). The SMILES string of the molecule is O=C(Nc1ccc(S(=O)(=O)N2CCCCCC2)cc1)[C@H]1CCCC[C@H]1C(=O)O. The van der Waals surface area contributed by atoms with E-state index in [2.05, 4.69) is 5.32 Å². The van der Waals surface area contributed by atoms with Gasteiger partial charge in [-0.25, -0.2) is 8.42 Å². The zero-order valence-corrected chi connectivity index (χ0v) is 16.8. The Morgan fingerprint density at radius 3 is 2.04 bits per heavy atom. The van der Waals surface area contributed by atoms with E-state index in [9.17, 15) is 23.1 Å². The fourth-order valence-corrected chi connectivity index (χ4v) is 5.63. The van der Waals surface area contributed by atoms with Crippen LogP contribution in [0.25, 0.3) is 0 Å². The van der Waals surface area contributed by atoms with Gasteiger partial charge in [-0.3, -0.25) is 9.59 Å². The first kappa shape index (κ1) is 20.8. The van der Waals surface area contributed by atoms with Crippen molar-refractivity contribution in [3.63, 3.8) is 0 Å². The van der Waals surface area contributed by atoms with Crippen molar-refractivity contribution in [3.05, 3.63) is 24.3 Å². The molecule has 1 aromatic carbocycles. The number of carbonyl (C=O) groups excluding carboxylic acids is 1. The van der Waals surface area contributed by atoms with E-state index in [0.29, 0.717) is 31.6 Å². The fourth-order valence-electron chi connectivity index (χ4n) is 4.12. The van der Waals surface area contributed by atoms with E-state index >= 15 is 0 Å². The van der Waals surface area contributed by atoms with Crippen LogP contribution in [-0.4, -0.2) is 42.8 Å². The number of hydrogen-bond acceptors (Lipinski definition) is 4. The van der Waals surface area contributed by atoms with Crippen molar-refractivity contribution in [3.8, 4) is 0 Å². The molecule has 0 spiro atoms. The molecule has 2 N–H and O–H groups in total. The lowest BCUT2D eigenvalue weighted by Crippen LogP contribution is -2.36. The minimum absolute atomic E-state index is 0.216. The largest absolute Gasteiger partial charge is 0.481 e. The molecule has 28 heavy (non-hydrogen) atoms. The number of aliphatic carboxylic acids is 1. The third-order valence-corrected chi connectivity index (χ3v) is 7.66. The topological polar surface area (TPSA) is 104 Å². The number of nitrogens with zero attached hydrogens (tertiary/aromatic N) is 1. The van der Waals surface area contributed by atoms with Gasteiger partial charge < -0.3 is 10.4 Å². The van der Waals surface area contributed by atoms with Gasteiger partial charge in [-0.05, 0) is 49.9 Å². The molecule has 1 aliphatic carbocycles. The van der Waals surface area contributed by atoms with Crippen molar-refractivity contribution in [2.24, 2.45) is 11.8 Å². The van der Waals surface area contributed by atoms with Gasteiger partial charge >= 0.3 is 5.97 Å². The van der Waals surface area contributed by atoms with Crippen molar-refractivity contribution >= 4 is 27.6 Å². The highest BCUT2D eigenvalue weighted by Gasteiger charge is 2.35. The smallest absolute Gasteiger partial charge is 0.307 e. The zero-order chi connectivity index (χ0) is 20.1. The monoisotopic (exact) mass is 408 g/mol. The molecule has 1 heterocycles. The number of sulfonamides is 1. The second-order valence-corrected chi connectivity index (χ2v) is 9.61. The molecule has 0 aromatic heterocycles. The van der Waals surface area contributed by atoms with Crippen LogP contribution in [0.2, 0.25) is 0 Å². The third kappa shape index (κ3) is 4.72. The first-order chi connectivity index (χ1) is 13.4. The molecule has 2 aliphatic rings. The highest BCUT2D eigenvalue weighted by atomic mass is 32.2. The van der Waals surface area contributed by atoms with E-state index in [0.717, 1.165) is 38.5 Å². The maximum absolute atomic E-state index is 12.8. The quantitative estimate of drug-likeness (QED) is 0.779. The van der Waals surface area contributed by atoms with Gasteiger partial charge in [0.25, 0.3) is 0 Å². The first-order valence-corrected chi connectivity index (χ1v) is 11.5. The molecule has 154 valence electrons. The number of carboxylic acids is 1. The van der Waals surface area contributed by atoms with E-state index in [1.165, 1.54) is 16.4 Å². The summed E-state index contributed by atoms with van der Waals surface area (Å²) in [4.78, 5) is 24.2. The third-order valence-electron chi connectivity index (χ3n) is 5.74. The Kier molecular flexibility index (Phi) is 6.72. The van der Waals surface area contributed by atoms with Gasteiger partial charge in [-0.1, -0.05) is 25.7 Å². The van der Waals surface area contributed by atoms with Gasteiger partial charge in [0.15, 0.2) is 0 Å². The molecule has 7 nitrogen and oxygen atoms in total. The highest BCUT2D eigenvalue weighted by molar-refractivity contribution is 7.89. The molecule has 2 fully saturated rings. The summed E-state index contributed by atoms with van der Waals surface area (Å²) in [6.07, 6.45) is 6.59. The molecule has 1 amide bonds. The molecular weight excluding hydrogens is 380 g/mol. The molecule has 8 heteroatoms. The van der Waals surface area contributed by atoms with Gasteiger partial charge in [0.2, 0.25) is 15.9 Å². The number of carboxylic acid groups (broad SMARTS) is 1. The molecule has 1 saturated carbocycles. The van der Waals surface area contributed by atoms with Crippen molar-refractivity contribution in [1.29, 1.82) is 0 Å². The standard InChI is InChI=1S/C20H28N2O5S/c23-19(17-7-3-4-8-18(17)20(24)25)21-15-9-11-16(12-10-15)28(26,27)22-13-5-1-2-6-14-22/h9-12,17-18H,1-8,13-14H2,(H,21,23)(H,24,25)/t17-,18+/m0/s1. The summed E-state index contributed by atoms with van der Waals surface area (Å²) in [6.45, 7) is 1.08. The molecule has 1 aliphatic heterocycles. The van der Waals surface area contributed by atoms with Crippen molar-refractivity contribution in [2.75, 3.05) is 18.4 Å². The molecular formula is C20H28N2O5S. The number of rotatable bonds is 5. The Morgan fingerprint density at radius 1 is 0.893 bits per heavy atom. The van der Waals surface area contributed by atoms with E-state index in [1.807, 2.05) is 0 Å². The summed E-state index contributed by atoms with van der Waals surface area (Å²) < 4.78 is 27.2. The van der Waals surface area contributed by atoms with Crippen LogP contribution in [0.5, 0.6) is 0 Å². The van der Waals surface area contributed by atoms with E-state index in [1.54, 1.807) is 12.1 Å². The van der Waals surface area contributed by atoms with E-state index in [-0.39, 0.29) is 10.8 Å². The van der Waals surface area contributed by atoms with Crippen LogP contribution in [0.3, 0.4) is 0 Å². The number of carbonyl (C=O) groups is 2. The molecule has 2 atom stereocenters. The average Bonchev–Trinajstić information content (AvgIpc) is 2.98. The van der Waals surface area contributed by atoms with Gasteiger partial charge in [-0.2, -0.15) is 4.31 Å². The Bertz CT molecular complexity index is 798. The number of nitrogens with one attached hydrogen (secondary N) is 1. The van der Waals surface area contributed by atoms with Crippen LogP contribution in [0.1, 0.15) is 51.4 Å². The summed E-state index contributed by atoms with van der Waals surface area (Å²) in [5.41, 5.74) is 0.481. The molecule has 0 unspecified atom stereocenters. The Labute approximate surface area is 166 Å². The van der Waals surface area contributed by atoms with Crippen LogP contribution in [0.15, 0.2) is 29.2 Å². The van der Waals surface area contributed by atoms with Gasteiger partial charge in [0.1, 0.15) is 0 Å². The van der Waals surface area contributed by atoms with Gasteiger partial charge in [0, 0.05) is 18.8 Å². The van der Waals surface area contributed by atoms with Crippen LogP contribution in [0, 0.1) is 11.8 Å². The minimum atomic E-state index is -3.53. The van der Waals surface area contributed by atoms with Gasteiger partial charge in [-0.15, -0.1) is 0 Å². The lowest BCUT2D eigenvalue weighted by Gasteiger charge is -2.27. The number of benzene rings is 1. The summed E-state index contributed by atoms with van der Waals surface area (Å²) in [6, 6.07) is 6.15. The molecule has 1 saturated heterocycles. The van der Waals surface area contributed by atoms with Gasteiger partial charge in [0.05, 0.1) is 16.7 Å². The van der Waals surface area contributed by atoms with Crippen molar-refractivity contribution in [1.82, 2.24) is 4.31 Å². The molecule has 0 bridgehead atoms. The summed E-state index contributed by atoms with van der Waals surface area (Å²) >= 11 is 0. The Hall–Kier alpha value is -1.93. The maximum atomic E-state index is 12.8. The second kappa shape index (κ2) is 9.05. The van der Waals surface area contributed by atoms with Crippen LogP contribution in [-0.2, 0) is 19.6 Å². The molecule has 1 aromatic rings. The number of amides is 1. The summed E-state index contributed by atoms with van der Waals surface area (Å²) in [7, 11) is -3.53. The predicted molar refractivity (Wildman–Crippen MR) is 105 cm³/mol. The summed E-state index contributed by atoms with van der Waals surface area (Å²) in [5.74, 6) is -2.45. The lowest BCUT2D eigenvalue weighted by atomic mass is 9.78. The van der Waals surface area contributed by atoms with Crippen molar-refractivity contribution in [2.45, 2.75) is 56.3 Å². The lowest BCUT2D eigenvalue weighted by molar-refractivity contribution is -0.147. The zero-order valence-electron chi connectivity index (χ0n) is 16.0. The normalized spacial score (nSPS) is 24.3. The number of anilines is 1. The highest BCUT2D eigenvalue weighted by Crippen LogP contribution is 2.31. The second-order valence-electron chi connectivity index (χ2n) is 7.67. The number of hydrogen-bond donors (Lipinski definition) is 2. The van der Waals surface area contributed by atoms with Crippen LogP contribution < -0.4 is 5.32 Å². The first-order valence-electron chi connectivity index (χ1n) is 10.0. The predicted octanol–water partition coefficient (Wildman–Crippen LogP) is 3.08. The summed E-state index contributed by atoms with van der Waals surface area (Å²) in [5, 5.41) is 12.1. The van der Waals surface area contributed by atoms with Crippen LogP contribution in [0.4, 0.5) is 5.69 Å². The van der Waals surface area contributed by atoms with Crippen molar-refractivity contribution < 1.29 is 23.1 Å². The maximum Gasteiger partial charge on any atom is 0.307 e.